The molecular formula is C16H21N5O. The normalized spacial score (nSPS) is 16.6. The number of aromatic nitrogens is 3. The third-order valence-electron chi connectivity index (χ3n) is 3.98. The van der Waals surface area contributed by atoms with Crippen LogP contribution in [0.1, 0.15) is 29.0 Å². The summed E-state index contributed by atoms with van der Waals surface area (Å²) in [4.78, 5) is 18.8. The minimum Gasteiger partial charge on any atom is -0.348 e. The zero-order valence-electron chi connectivity index (χ0n) is 12.8. The largest absolute Gasteiger partial charge is 0.348 e. The van der Waals surface area contributed by atoms with E-state index in [4.69, 9.17) is 0 Å². The van der Waals surface area contributed by atoms with E-state index >= 15 is 0 Å². The van der Waals surface area contributed by atoms with E-state index in [1.807, 2.05) is 25.4 Å². The summed E-state index contributed by atoms with van der Waals surface area (Å²) in [5, 5.41) is 7.21. The van der Waals surface area contributed by atoms with Gasteiger partial charge in [-0.05, 0) is 31.0 Å². The number of nitrogens with one attached hydrogen (secondary N) is 1. The van der Waals surface area contributed by atoms with Crippen molar-refractivity contribution in [1.82, 2.24) is 25.0 Å². The third kappa shape index (κ3) is 3.71. The molecule has 0 unspecified atom stereocenters. The molecule has 0 bridgehead atoms. The van der Waals surface area contributed by atoms with Gasteiger partial charge < -0.3 is 5.32 Å². The molecule has 3 heterocycles. The first-order valence-corrected chi connectivity index (χ1v) is 7.63. The molecule has 1 N–H and O–H groups in total. The molecule has 2 aromatic heterocycles. The molecule has 0 aromatic carbocycles. The summed E-state index contributed by atoms with van der Waals surface area (Å²) in [6, 6.07) is 7.97. The van der Waals surface area contributed by atoms with Crippen LogP contribution in [-0.4, -0.2) is 44.7 Å². The van der Waals surface area contributed by atoms with Crippen LogP contribution in [0.25, 0.3) is 0 Å². The minimum absolute atomic E-state index is 0.0798. The Balaban J connectivity index is 1.46. The van der Waals surface area contributed by atoms with Gasteiger partial charge in [0, 0.05) is 45.1 Å². The van der Waals surface area contributed by atoms with Gasteiger partial charge in [0.15, 0.2) is 0 Å². The first kappa shape index (κ1) is 14.7. The average Bonchev–Trinajstić information content (AvgIpc) is 2.97. The monoisotopic (exact) mass is 299 g/mol. The average molecular weight is 299 g/mol. The van der Waals surface area contributed by atoms with E-state index in [1.165, 1.54) is 0 Å². The van der Waals surface area contributed by atoms with Crippen LogP contribution < -0.4 is 5.32 Å². The Morgan fingerprint density at radius 3 is 2.77 bits per heavy atom. The highest BCUT2D eigenvalue weighted by Crippen LogP contribution is 2.13. The maximum atomic E-state index is 12.1. The van der Waals surface area contributed by atoms with Gasteiger partial charge >= 0.3 is 0 Å². The Hall–Kier alpha value is -2.21. The Morgan fingerprint density at radius 2 is 2.14 bits per heavy atom. The molecule has 22 heavy (non-hydrogen) atoms. The molecule has 116 valence electrons. The molecule has 1 amide bonds. The SMILES string of the molecule is Cn1ccc(C(=O)NC2CCN(Cc3ccccn3)CC2)n1. The standard InChI is InChI=1S/C16H21N5O/c1-20-9-7-15(19-20)16(22)18-13-5-10-21(11-6-13)12-14-4-2-3-8-17-14/h2-4,7-9,13H,5-6,10-12H2,1H3,(H,18,22). The van der Waals surface area contributed by atoms with Crippen molar-refractivity contribution in [3.63, 3.8) is 0 Å². The van der Waals surface area contributed by atoms with Crippen LogP contribution in [0.2, 0.25) is 0 Å². The molecule has 1 fully saturated rings. The number of hydrogen-bond donors (Lipinski definition) is 1. The highest BCUT2D eigenvalue weighted by atomic mass is 16.2. The maximum Gasteiger partial charge on any atom is 0.271 e. The summed E-state index contributed by atoms with van der Waals surface area (Å²) >= 11 is 0. The van der Waals surface area contributed by atoms with Crippen molar-refractivity contribution in [2.75, 3.05) is 13.1 Å². The van der Waals surface area contributed by atoms with Crippen molar-refractivity contribution in [2.45, 2.75) is 25.4 Å². The van der Waals surface area contributed by atoms with Gasteiger partial charge in [0.2, 0.25) is 0 Å². The summed E-state index contributed by atoms with van der Waals surface area (Å²) in [6.45, 7) is 2.83. The van der Waals surface area contributed by atoms with Gasteiger partial charge in [-0.1, -0.05) is 6.07 Å². The maximum absolute atomic E-state index is 12.1. The highest BCUT2D eigenvalue weighted by molar-refractivity contribution is 5.92. The van der Waals surface area contributed by atoms with Crippen molar-refractivity contribution < 1.29 is 4.79 Å². The van der Waals surface area contributed by atoms with Crippen LogP contribution in [0.4, 0.5) is 0 Å². The number of piperidine rings is 1. The van der Waals surface area contributed by atoms with Crippen molar-refractivity contribution >= 4 is 5.91 Å². The van der Waals surface area contributed by atoms with Gasteiger partial charge in [0.25, 0.3) is 5.91 Å². The van der Waals surface area contributed by atoms with Gasteiger partial charge in [0.1, 0.15) is 5.69 Å². The number of likely N-dealkylation sites (tertiary alicyclic amines) is 1. The zero-order chi connectivity index (χ0) is 15.4. The topological polar surface area (TPSA) is 63.1 Å². The number of carbonyl (C=O) groups excluding carboxylic acids is 1. The second-order valence-electron chi connectivity index (χ2n) is 5.72. The van der Waals surface area contributed by atoms with E-state index < -0.39 is 0 Å². The molecule has 2 aromatic rings. The van der Waals surface area contributed by atoms with Gasteiger partial charge in [-0.15, -0.1) is 0 Å². The molecule has 3 rings (SSSR count). The zero-order valence-corrected chi connectivity index (χ0v) is 12.8. The van der Waals surface area contributed by atoms with Crippen LogP contribution in [0.15, 0.2) is 36.7 Å². The predicted octanol–water partition coefficient (Wildman–Crippen LogP) is 1.21. The van der Waals surface area contributed by atoms with E-state index in [9.17, 15) is 4.79 Å². The lowest BCUT2D eigenvalue weighted by atomic mass is 10.0. The highest BCUT2D eigenvalue weighted by Gasteiger charge is 2.22. The summed E-state index contributed by atoms with van der Waals surface area (Å²) in [5.74, 6) is -0.0798. The van der Waals surface area contributed by atoms with Crippen molar-refractivity contribution in [3.05, 3.63) is 48.0 Å². The smallest absolute Gasteiger partial charge is 0.271 e. The van der Waals surface area contributed by atoms with E-state index in [0.29, 0.717) is 5.69 Å². The van der Waals surface area contributed by atoms with Crippen molar-refractivity contribution in [3.8, 4) is 0 Å². The quantitative estimate of drug-likeness (QED) is 0.922. The predicted molar refractivity (Wildman–Crippen MR) is 83.2 cm³/mol. The molecule has 1 aliphatic heterocycles. The fourth-order valence-electron chi connectivity index (χ4n) is 2.75. The lowest BCUT2D eigenvalue weighted by molar-refractivity contribution is 0.0902. The van der Waals surface area contributed by atoms with Gasteiger partial charge in [-0.3, -0.25) is 19.4 Å². The van der Waals surface area contributed by atoms with Gasteiger partial charge in [0.05, 0.1) is 5.69 Å². The fraction of sp³-hybridized carbons (Fsp3) is 0.438. The second-order valence-corrected chi connectivity index (χ2v) is 5.72. The number of carbonyl (C=O) groups is 1. The molecule has 0 aliphatic carbocycles. The first-order chi connectivity index (χ1) is 10.7. The second kappa shape index (κ2) is 6.70. The Bertz CT molecular complexity index is 616. The van der Waals surface area contributed by atoms with Crippen LogP contribution in [0.3, 0.4) is 0 Å². The molecule has 1 saturated heterocycles. The van der Waals surface area contributed by atoms with Crippen LogP contribution in [0.5, 0.6) is 0 Å². The molecule has 6 nitrogen and oxygen atoms in total. The number of pyridine rings is 1. The van der Waals surface area contributed by atoms with E-state index in [1.54, 1.807) is 16.9 Å². The Labute approximate surface area is 130 Å². The van der Waals surface area contributed by atoms with E-state index in [2.05, 4.69) is 26.4 Å². The van der Waals surface area contributed by atoms with Crippen molar-refractivity contribution in [1.29, 1.82) is 0 Å². The molecule has 0 spiro atoms. The van der Waals surface area contributed by atoms with Crippen LogP contribution in [-0.2, 0) is 13.6 Å². The summed E-state index contributed by atoms with van der Waals surface area (Å²) in [5.41, 5.74) is 1.58. The number of amides is 1. The molecule has 1 aliphatic rings. The third-order valence-corrected chi connectivity index (χ3v) is 3.98. The lowest BCUT2D eigenvalue weighted by Gasteiger charge is -2.31. The minimum atomic E-state index is -0.0798. The number of aryl methyl sites for hydroxylation is 1. The molecular weight excluding hydrogens is 278 g/mol. The Morgan fingerprint density at radius 1 is 1.32 bits per heavy atom. The summed E-state index contributed by atoms with van der Waals surface area (Å²) in [7, 11) is 1.81. The molecule has 0 saturated carbocycles. The molecule has 0 atom stereocenters. The first-order valence-electron chi connectivity index (χ1n) is 7.63. The van der Waals surface area contributed by atoms with Gasteiger partial charge in [-0.2, -0.15) is 5.10 Å². The number of hydrogen-bond acceptors (Lipinski definition) is 4. The summed E-state index contributed by atoms with van der Waals surface area (Å²) in [6.07, 6.45) is 5.54. The molecule has 6 heteroatoms. The van der Waals surface area contributed by atoms with Gasteiger partial charge in [-0.25, -0.2) is 0 Å². The fourth-order valence-corrected chi connectivity index (χ4v) is 2.75. The van der Waals surface area contributed by atoms with E-state index in [-0.39, 0.29) is 11.9 Å². The lowest BCUT2D eigenvalue weighted by Crippen LogP contribution is -2.44. The van der Waals surface area contributed by atoms with Crippen LogP contribution in [0, 0.1) is 0 Å². The Kier molecular flexibility index (Phi) is 4.48. The van der Waals surface area contributed by atoms with Crippen LogP contribution >= 0.6 is 0 Å². The summed E-state index contributed by atoms with van der Waals surface area (Å²) < 4.78 is 1.64. The molecule has 0 radical (unpaired) electrons. The number of nitrogens with zero attached hydrogens (tertiary/aromatic N) is 4. The van der Waals surface area contributed by atoms with E-state index in [0.717, 1.165) is 38.2 Å². The number of rotatable bonds is 4. The van der Waals surface area contributed by atoms with Crippen molar-refractivity contribution in [2.24, 2.45) is 7.05 Å².